The molecule has 16 heavy (non-hydrogen) atoms. The van der Waals surface area contributed by atoms with Crippen LogP contribution in [0.3, 0.4) is 0 Å². The van der Waals surface area contributed by atoms with Gasteiger partial charge in [0.2, 0.25) is 0 Å². The Hall–Kier alpha value is -0.620. The molecule has 3 nitrogen and oxygen atoms in total. The fraction of sp³-hybridized carbons (Fsp3) is 0.417. The SMILES string of the molecule is O=C(O)C1CCCOC1c1ccc(I)cc1. The number of carboxylic acids is 1. The van der Waals surface area contributed by atoms with Gasteiger partial charge in [0.1, 0.15) is 0 Å². The molecule has 0 bridgehead atoms. The Morgan fingerprint density at radius 1 is 1.38 bits per heavy atom. The van der Waals surface area contributed by atoms with Gasteiger partial charge in [0.15, 0.2) is 0 Å². The number of hydrogen-bond donors (Lipinski definition) is 1. The molecule has 0 saturated carbocycles. The van der Waals surface area contributed by atoms with Gasteiger partial charge in [-0.1, -0.05) is 12.1 Å². The van der Waals surface area contributed by atoms with E-state index in [1.807, 2.05) is 24.3 Å². The number of halogens is 1. The summed E-state index contributed by atoms with van der Waals surface area (Å²) in [6.07, 6.45) is 1.24. The maximum atomic E-state index is 11.1. The lowest BCUT2D eigenvalue weighted by Crippen LogP contribution is -2.28. The zero-order chi connectivity index (χ0) is 11.5. The third-order valence-corrected chi connectivity index (χ3v) is 3.56. The van der Waals surface area contributed by atoms with E-state index in [2.05, 4.69) is 22.6 Å². The molecule has 86 valence electrons. The van der Waals surface area contributed by atoms with Crippen molar-refractivity contribution in [2.45, 2.75) is 18.9 Å². The van der Waals surface area contributed by atoms with Crippen molar-refractivity contribution in [3.05, 3.63) is 33.4 Å². The van der Waals surface area contributed by atoms with E-state index in [-0.39, 0.29) is 6.10 Å². The van der Waals surface area contributed by atoms with Gasteiger partial charge in [0.25, 0.3) is 0 Å². The molecule has 1 aromatic rings. The summed E-state index contributed by atoms with van der Waals surface area (Å²) in [6, 6.07) is 7.86. The molecule has 1 aliphatic rings. The van der Waals surface area contributed by atoms with Crippen LogP contribution in [-0.4, -0.2) is 17.7 Å². The molecule has 1 heterocycles. The average molecular weight is 332 g/mol. The molecule has 4 heteroatoms. The molecule has 1 aliphatic heterocycles. The van der Waals surface area contributed by atoms with E-state index in [0.29, 0.717) is 13.0 Å². The number of hydrogen-bond acceptors (Lipinski definition) is 2. The molecule has 1 N–H and O–H groups in total. The van der Waals surface area contributed by atoms with Crippen LogP contribution in [-0.2, 0) is 9.53 Å². The molecule has 2 unspecified atom stereocenters. The van der Waals surface area contributed by atoms with Crippen LogP contribution in [0.1, 0.15) is 24.5 Å². The number of aliphatic carboxylic acids is 1. The molecule has 1 saturated heterocycles. The van der Waals surface area contributed by atoms with Gasteiger partial charge in [-0.05, 0) is 53.1 Å². The van der Waals surface area contributed by atoms with E-state index in [4.69, 9.17) is 9.84 Å². The molecule has 0 radical (unpaired) electrons. The number of carbonyl (C=O) groups is 1. The fourth-order valence-electron chi connectivity index (χ4n) is 2.02. The lowest BCUT2D eigenvalue weighted by Gasteiger charge is -2.29. The molecule has 0 amide bonds. The molecule has 0 aromatic heterocycles. The summed E-state index contributed by atoms with van der Waals surface area (Å²) in [6.45, 7) is 0.653. The van der Waals surface area contributed by atoms with E-state index in [0.717, 1.165) is 15.6 Å². The Morgan fingerprint density at radius 3 is 2.69 bits per heavy atom. The number of benzene rings is 1. The van der Waals surface area contributed by atoms with Crippen LogP contribution in [0.2, 0.25) is 0 Å². The number of carboxylic acid groups (broad SMARTS) is 1. The van der Waals surface area contributed by atoms with Crippen LogP contribution in [0.15, 0.2) is 24.3 Å². The van der Waals surface area contributed by atoms with E-state index in [9.17, 15) is 4.79 Å². The number of ether oxygens (including phenoxy) is 1. The number of rotatable bonds is 2. The van der Waals surface area contributed by atoms with Gasteiger partial charge in [0.05, 0.1) is 12.0 Å². The Kier molecular flexibility index (Phi) is 3.81. The summed E-state index contributed by atoms with van der Waals surface area (Å²) in [5.74, 6) is -1.17. The monoisotopic (exact) mass is 332 g/mol. The second-order valence-electron chi connectivity index (χ2n) is 3.93. The van der Waals surface area contributed by atoms with Crippen molar-refractivity contribution in [3.8, 4) is 0 Å². The summed E-state index contributed by atoms with van der Waals surface area (Å²) >= 11 is 2.23. The highest BCUT2D eigenvalue weighted by Crippen LogP contribution is 2.33. The van der Waals surface area contributed by atoms with Crippen molar-refractivity contribution in [2.75, 3.05) is 6.61 Å². The maximum Gasteiger partial charge on any atom is 0.309 e. The van der Waals surface area contributed by atoms with Gasteiger partial charge >= 0.3 is 5.97 Å². The van der Waals surface area contributed by atoms with E-state index in [1.165, 1.54) is 0 Å². The van der Waals surface area contributed by atoms with Crippen LogP contribution in [0.4, 0.5) is 0 Å². The van der Waals surface area contributed by atoms with Crippen molar-refractivity contribution in [1.29, 1.82) is 0 Å². The molecule has 0 aliphatic carbocycles. The largest absolute Gasteiger partial charge is 0.481 e. The summed E-state index contributed by atoms with van der Waals surface area (Å²) in [7, 11) is 0. The highest BCUT2D eigenvalue weighted by atomic mass is 127. The minimum Gasteiger partial charge on any atom is -0.481 e. The smallest absolute Gasteiger partial charge is 0.309 e. The molecule has 1 fully saturated rings. The van der Waals surface area contributed by atoms with Crippen LogP contribution < -0.4 is 0 Å². The van der Waals surface area contributed by atoms with Crippen LogP contribution >= 0.6 is 22.6 Å². The quantitative estimate of drug-likeness (QED) is 0.847. The lowest BCUT2D eigenvalue weighted by atomic mass is 9.90. The predicted octanol–water partition coefficient (Wildman–Crippen LogP) is 2.84. The van der Waals surface area contributed by atoms with Crippen LogP contribution in [0, 0.1) is 9.49 Å². The van der Waals surface area contributed by atoms with Crippen LogP contribution in [0.25, 0.3) is 0 Å². The fourth-order valence-corrected chi connectivity index (χ4v) is 2.37. The van der Waals surface area contributed by atoms with Gasteiger partial charge < -0.3 is 9.84 Å². The summed E-state index contributed by atoms with van der Waals surface area (Å²) in [5.41, 5.74) is 0.965. The Labute approximate surface area is 108 Å². The molecular formula is C12H13IO3. The zero-order valence-corrected chi connectivity index (χ0v) is 10.9. The summed E-state index contributed by atoms with van der Waals surface area (Å²) < 4.78 is 6.74. The van der Waals surface area contributed by atoms with Gasteiger partial charge in [0, 0.05) is 10.2 Å². The molecule has 2 atom stereocenters. The minimum absolute atomic E-state index is 0.289. The van der Waals surface area contributed by atoms with E-state index >= 15 is 0 Å². The minimum atomic E-state index is -0.761. The highest BCUT2D eigenvalue weighted by Gasteiger charge is 2.32. The van der Waals surface area contributed by atoms with Gasteiger partial charge in [-0.2, -0.15) is 0 Å². The summed E-state index contributed by atoms with van der Waals surface area (Å²) in [5, 5.41) is 9.14. The van der Waals surface area contributed by atoms with Crippen molar-refractivity contribution in [1.82, 2.24) is 0 Å². The first-order valence-electron chi connectivity index (χ1n) is 5.28. The van der Waals surface area contributed by atoms with E-state index < -0.39 is 11.9 Å². The van der Waals surface area contributed by atoms with Crippen molar-refractivity contribution in [2.24, 2.45) is 5.92 Å². The lowest BCUT2D eigenvalue weighted by molar-refractivity contribution is -0.151. The maximum absolute atomic E-state index is 11.1. The Balaban J connectivity index is 2.23. The van der Waals surface area contributed by atoms with Crippen LogP contribution in [0.5, 0.6) is 0 Å². The van der Waals surface area contributed by atoms with Crippen molar-refractivity contribution >= 4 is 28.6 Å². The molecule has 0 spiro atoms. The highest BCUT2D eigenvalue weighted by molar-refractivity contribution is 14.1. The Morgan fingerprint density at radius 2 is 2.06 bits per heavy atom. The van der Waals surface area contributed by atoms with Gasteiger partial charge in [-0.3, -0.25) is 4.79 Å². The standard InChI is InChI=1S/C12H13IO3/c13-9-5-3-8(4-6-9)11-10(12(14)15)2-1-7-16-11/h3-6,10-11H,1-2,7H2,(H,14,15). The first kappa shape index (κ1) is 11.9. The predicted molar refractivity (Wildman–Crippen MR) is 68.2 cm³/mol. The third kappa shape index (κ3) is 2.55. The molecule has 2 rings (SSSR count). The molecular weight excluding hydrogens is 319 g/mol. The second kappa shape index (κ2) is 5.14. The second-order valence-corrected chi connectivity index (χ2v) is 5.18. The normalized spacial score (nSPS) is 25.3. The first-order valence-corrected chi connectivity index (χ1v) is 6.36. The van der Waals surface area contributed by atoms with Gasteiger partial charge in [-0.25, -0.2) is 0 Å². The third-order valence-electron chi connectivity index (χ3n) is 2.84. The zero-order valence-electron chi connectivity index (χ0n) is 8.73. The first-order chi connectivity index (χ1) is 7.68. The summed E-state index contributed by atoms with van der Waals surface area (Å²) in [4.78, 5) is 11.1. The molecule has 1 aromatic carbocycles. The van der Waals surface area contributed by atoms with Gasteiger partial charge in [-0.15, -0.1) is 0 Å². The van der Waals surface area contributed by atoms with Crippen molar-refractivity contribution in [3.63, 3.8) is 0 Å². The van der Waals surface area contributed by atoms with E-state index in [1.54, 1.807) is 0 Å². The Bertz CT molecular complexity index is 374. The average Bonchev–Trinajstić information content (AvgIpc) is 2.30. The topological polar surface area (TPSA) is 46.5 Å². The van der Waals surface area contributed by atoms with Crippen molar-refractivity contribution < 1.29 is 14.6 Å².